The summed E-state index contributed by atoms with van der Waals surface area (Å²) in [5, 5.41) is 9.49. The van der Waals surface area contributed by atoms with Crippen molar-refractivity contribution in [3.63, 3.8) is 0 Å². The predicted octanol–water partition coefficient (Wildman–Crippen LogP) is 8.24. The van der Waals surface area contributed by atoms with Gasteiger partial charge in [0.25, 0.3) is 0 Å². The third-order valence-corrected chi connectivity index (χ3v) is 7.09. The number of hydrazone groups is 1. The number of hydrogen-bond acceptors (Lipinski definition) is 3. The van der Waals surface area contributed by atoms with Crippen molar-refractivity contribution in [2.24, 2.45) is 5.10 Å². The Kier molecular flexibility index (Phi) is 7.38. The van der Waals surface area contributed by atoms with Crippen LogP contribution in [0.2, 0.25) is 5.02 Å². The molecule has 0 saturated carbocycles. The zero-order valence-electron chi connectivity index (χ0n) is 20.1. The third kappa shape index (κ3) is 5.79. The van der Waals surface area contributed by atoms with Gasteiger partial charge in [-0.3, -0.25) is 0 Å². The van der Waals surface area contributed by atoms with Crippen LogP contribution in [0.5, 0.6) is 5.75 Å². The first-order valence-corrected chi connectivity index (χ1v) is 12.9. The molecule has 5 nitrogen and oxygen atoms in total. The molecule has 0 aromatic heterocycles. The minimum atomic E-state index is -4.82. The van der Waals surface area contributed by atoms with E-state index in [-0.39, 0.29) is 12.3 Å². The lowest BCUT2D eigenvalue weighted by atomic mass is 9.69. The predicted molar refractivity (Wildman–Crippen MR) is 148 cm³/mol. The number of nitrogens with one attached hydrogen (secondary N) is 1. The van der Waals surface area contributed by atoms with Crippen LogP contribution in [0.25, 0.3) is 0 Å². The molecule has 0 fully saturated rings. The lowest BCUT2D eigenvalue weighted by Crippen LogP contribution is -2.42. The third-order valence-electron chi connectivity index (χ3n) is 6.31. The Bertz CT molecular complexity index is 1500. The molecule has 1 unspecified atom stereocenters. The van der Waals surface area contributed by atoms with Crippen LogP contribution in [0.15, 0.2) is 113 Å². The van der Waals surface area contributed by atoms with Gasteiger partial charge < -0.3 is 10.1 Å². The molecular weight excluding hydrogens is 595 g/mol. The summed E-state index contributed by atoms with van der Waals surface area (Å²) in [5.41, 5.74) is 2.26. The highest BCUT2D eigenvalue weighted by Gasteiger charge is 2.48. The Balaban J connectivity index is 1.62. The summed E-state index contributed by atoms with van der Waals surface area (Å²) in [6, 6.07) is 28.8. The lowest BCUT2D eigenvalue weighted by Gasteiger charge is -2.32. The van der Waals surface area contributed by atoms with Gasteiger partial charge in [0.15, 0.2) is 0 Å². The number of urea groups is 1. The molecule has 39 heavy (non-hydrogen) atoms. The molecule has 0 saturated heterocycles. The fourth-order valence-corrected chi connectivity index (χ4v) is 4.97. The number of anilines is 1. The van der Waals surface area contributed by atoms with Crippen LogP contribution in [-0.4, -0.2) is 29.7 Å². The zero-order chi connectivity index (χ0) is 27.6. The Morgan fingerprint density at radius 2 is 1.51 bits per heavy atom. The maximum atomic E-state index is 13.4. The van der Waals surface area contributed by atoms with Gasteiger partial charge in [0.1, 0.15) is 5.75 Å². The molecule has 0 radical (unpaired) electrons. The number of benzene rings is 4. The molecule has 2 amide bonds. The normalized spacial score (nSPS) is 17.1. The van der Waals surface area contributed by atoms with Gasteiger partial charge in [-0.1, -0.05) is 82.1 Å². The summed E-state index contributed by atoms with van der Waals surface area (Å²) in [4.78, 5) is 13.4. The van der Waals surface area contributed by atoms with Crippen LogP contribution in [-0.2, 0) is 5.41 Å². The molecule has 0 aliphatic carbocycles. The van der Waals surface area contributed by atoms with Gasteiger partial charge in [0, 0.05) is 15.2 Å². The molecule has 0 spiro atoms. The topological polar surface area (TPSA) is 53.9 Å². The number of carbonyl (C=O) groups excluding carboxylic acids is 1. The maximum Gasteiger partial charge on any atom is 0.573 e. The van der Waals surface area contributed by atoms with E-state index in [1.165, 1.54) is 17.1 Å². The Hall–Kier alpha value is -3.82. The van der Waals surface area contributed by atoms with Crippen molar-refractivity contribution in [2.75, 3.05) is 11.9 Å². The van der Waals surface area contributed by atoms with E-state index in [9.17, 15) is 18.0 Å². The summed E-state index contributed by atoms with van der Waals surface area (Å²) in [6.45, 7) is 0.0941. The average molecular weight is 615 g/mol. The SMILES string of the molecule is O=C(Nc1ccc(Br)cc1)N1CC(c2ccccc2)(c2ccc(OC(F)(F)F)cc2)C(c2ccc(Cl)cc2)=N1. The Morgan fingerprint density at radius 3 is 2.13 bits per heavy atom. The number of nitrogens with zero attached hydrogens (tertiary/aromatic N) is 2. The van der Waals surface area contributed by atoms with Crippen LogP contribution < -0.4 is 10.1 Å². The molecule has 1 heterocycles. The van der Waals surface area contributed by atoms with Crippen LogP contribution in [0.1, 0.15) is 16.7 Å². The number of hydrogen-bond donors (Lipinski definition) is 1. The van der Waals surface area contributed by atoms with Crippen LogP contribution in [0.3, 0.4) is 0 Å². The van der Waals surface area contributed by atoms with Crippen molar-refractivity contribution in [3.8, 4) is 5.75 Å². The number of alkyl halides is 3. The number of amides is 2. The van der Waals surface area contributed by atoms with Gasteiger partial charge in [-0.15, -0.1) is 13.2 Å². The number of halogens is 5. The van der Waals surface area contributed by atoms with Crippen LogP contribution in [0.4, 0.5) is 23.7 Å². The summed E-state index contributed by atoms with van der Waals surface area (Å²) in [6.07, 6.45) is -4.82. The minimum Gasteiger partial charge on any atom is -0.406 e. The van der Waals surface area contributed by atoms with Crippen LogP contribution >= 0.6 is 27.5 Å². The molecular formula is C29H20BrClF3N3O2. The van der Waals surface area contributed by atoms with Crippen molar-refractivity contribution in [2.45, 2.75) is 11.8 Å². The highest BCUT2D eigenvalue weighted by atomic mass is 79.9. The molecule has 0 bridgehead atoms. The molecule has 4 aromatic rings. The quantitative estimate of drug-likeness (QED) is 0.246. The maximum absolute atomic E-state index is 13.4. The van der Waals surface area contributed by atoms with E-state index < -0.39 is 17.8 Å². The molecule has 5 rings (SSSR count). The monoisotopic (exact) mass is 613 g/mol. The van der Waals surface area contributed by atoms with E-state index in [1.807, 2.05) is 30.3 Å². The summed E-state index contributed by atoms with van der Waals surface area (Å²) < 4.78 is 43.5. The molecule has 198 valence electrons. The first kappa shape index (κ1) is 26.8. The standard InChI is InChI=1S/C29H20BrClF3N3O2/c30-22-10-14-24(15-11-22)35-27(38)37-18-28(20-4-2-1-3-5-20,26(36-37)19-6-12-23(31)13-7-19)21-8-16-25(17-9-21)39-29(32,33)34/h1-17H,18H2,(H,35,38). The van der Waals surface area contributed by atoms with Crippen molar-refractivity contribution < 1.29 is 22.7 Å². The molecule has 1 aliphatic rings. The fourth-order valence-electron chi connectivity index (χ4n) is 4.58. The van der Waals surface area contributed by atoms with Crippen molar-refractivity contribution in [3.05, 3.63) is 129 Å². The van der Waals surface area contributed by atoms with Gasteiger partial charge in [0.2, 0.25) is 0 Å². The minimum absolute atomic E-state index is 0.0941. The van der Waals surface area contributed by atoms with E-state index in [0.29, 0.717) is 27.5 Å². The summed E-state index contributed by atoms with van der Waals surface area (Å²) >= 11 is 9.53. The first-order valence-electron chi connectivity index (χ1n) is 11.7. The van der Waals surface area contributed by atoms with Crippen molar-refractivity contribution in [1.29, 1.82) is 0 Å². The largest absolute Gasteiger partial charge is 0.573 e. The van der Waals surface area contributed by atoms with Crippen LogP contribution in [0, 0.1) is 0 Å². The van der Waals surface area contributed by atoms with E-state index in [1.54, 1.807) is 60.7 Å². The van der Waals surface area contributed by atoms with Crippen molar-refractivity contribution >= 4 is 45.0 Å². The first-order chi connectivity index (χ1) is 18.6. The molecule has 1 aliphatic heterocycles. The Labute approximate surface area is 236 Å². The van der Waals surface area contributed by atoms with Crippen molar-refractivity contribution in [1.82, 2.24) is 5.01 Å². The molecule has 4 aromatic carbocycles. The second kappa shape index (κ2) is 10.7. The summed E-state index contributed by atoms with van der Waals surface area (Å²) in [5.74, 6) is -0.345. The van der Waals surface area contributed by atoms with E-state index in [0.717, 1.165) is 10.0 Å². The van der Waals surface area contributed by atoms with Gasteiger partial charge >= 0.3 is 12.4 Å². The smallest absolute Gasteiger partial charge is 0.406 e. The lowest BCUT2D eigenvalue weighted by molar-refractivity contribution is -0.274. The van der Waals surface area contributed by atoms with E-state index >= 15 is 0 Å². The number of ether oxygens (including phenoxy) is 1. The van der Waals surface area contributed by atoms with Gasteiger partial charge in [0.05, 0.1) is 17.7 Å². The van der Waals surface area contributed by atoms with E-state index in [2.05, 4.69) is 26.0 Å². The zero-order valence-corrected chi connectivity index (χ0v) is 22.5. The molecule has 1 N–H and O–H groups in total. The fraction of sp³-hybridized carbons (Fsp3) is 0.103. The number of carbonyl (C=O) groups is 1. The molecule has 10 heteroatoms. The van der Waals surface area contributed by atoms with Gasteiger partial charge in [-0.25, -0.2) is 9.80 Å². The Morgan fingerprint density at radius 1 is 0.897 bits per heavy atom. The number of rotatable bonds is 5. The molecule has 1 atom stereocenters. The van der Waals surface area contributed by atoms with Gasteiger partial charge in [-0.05, 0) is 65.2 Å². The second-order valence-corrected chi connectivity index (χ2v) is 10.1. The highest BCUT2D eigenvalue weighted by molar-refractivity contribution is 9.10. The van der Waals surface area contributed by atoms with E-state index in [4.69, 9.17) is 16.7 Å². The second-order valence-electron chi connectivity index (χ2n) is 8.79. The summed E-state index contributed by atoms with van der Waals surface area (Å²) in [7, 11) is 0. The van der Waals surface area contributed by atoms with Gasteiger partial charge in [-0.2, -0.15) is 5.10 Å². The average Bonchev–Trinajstić information content (AvgIpc) is 3.32. The highest BCUT2D eigenvalue weighted by Crippen LogP contribution is 2.42.